The molecule has 1 aliphatic rings. The van der Waals surface area contributed by atoms with Gasteiger partial charge in [-0.3, -0.25) is 0 Å². The van der Waals surface area contributed by atoms with Crippen LogP contribution >= 0.6 is 0 Å². The topological polar surface area (TPSA) is 0 Å². The van der Waals surface area contributed by atoms with Crippen LogP contribution in [-0.4, -0.2) is 0 Å². The largest absolute Gasteiger partial charge is 0.0910 e. The summed E-state index contributed by atoms with van der Waals surface area (Å²) in [5.41, 5.74) is 1.15. The maximum atomic E-state index is 3.09. The smallest absolute Gasteiger partial charge is 0.0361 e. The van der Waals surface area contributed by atoms with Crippen molar-refractivity contribution in [1.29, 1.82) is 0 Å². The van der Waals surface area contributed by atoms with E-state index in [9.17, 15) is 0 Å². The van der Waals surface area contributed by atoms with Crippen LogP contribution < -0.4 is 0 Å². The number of rotatable bonds is 0. The van der Waals surface area contributed by atoms with E-state index in [1.807, 2.05) is 19.1 Å². The first kappa shape index (κ1) is 6.16. The monoisotopic (exact) mass is 118 g/mol. The zero-order chi connectivity index (χ0) is 6.69. The molecular formula is C9H10. The van der Waals surface area contributed by atoms with Gasteiger partial charge in [0.05, 0.1) is 0 Å². The van der Waals surface area contributed by atoms with Crippen LogP contribution in [0.4, 0.5) is 0 Å². The summed E-state index contributed by atoms with van der Waals surface area (Å²) in [5, 5.41) is 0. The van der Waals surface area contributed by atoms with Crippen LogP contribution in [-0.2, 0) is 0 Å². The van der Waals surface area contributed by atoms with Gasteiger partial charge >= 0.3 is 0 Å². The van der Waals surface area contributed by atoms with E-state index in [-0.39, 0.29) is 0 Å². The summed E-state index contributed by atoms with van der Waals surface area (Å²) < 4.78 is 0. The van der Waals surface area contributed by atoms with E-state index in [0.29, 0.717) is 5.92 Å². The quantitative estimate of drug-likeness (QED) is 0.427. The van der Waals surface area contributed by atoms with E-state index in [1.165, 1.54) is 0 Å². The standard InChI is InChI=1S/C9H10/c1-8-4-3-5-9(2)7-6-8/h3-5,8H,1-2H3. The fraction of sp³-hybridized carbons (Fsp3) is 0.333. The molecule has 0 heteroatoms. The molecule has 0 aromatic rings. The molecule has 0 amide bonds. The second-order valence-corrected chi connectivity index (χ2v) is 2.29. The summed E-state index contributed by atoms with van der Waals surface area (Å²) in [6.07, 6.45) is 6.19. The Kier molecular flexibility index (Phi) is 1.75. The van der Waals surface area contributed by atoms with Gasteiger partial charge in [-0.25, -0.2) is 0 Å². The van der Waals surface area contributed by atoms with E-state index < -0.39 is 0 Å². The van der Waals surface area contributed by atoms with Crippen LogP contribution in [0.5, 0.6) is 0 Å². The fourth-order valence-corrected chi connectivity index (χ4v) is 0.684. The lowest BCUT2D eigenvalue weighted by atomic mass is 10.2. The van der Waals surface area contributed by atoms with E-state index in [0.717, 1.165) is 5.57 Å². The molecule has 0 heterocycles. The van der Waals surface area contributed by atoms with Gasteiger partial charge in [-0.2, -0.15) is 0 Å². The Morgan fingerprint density at radius 1 is 1.56 bits per heavy atom. The zero-order valence-electron chi connectivity index (χ0n) is 5.81. The van der Waals surface area contributed by atoms with Crippen molar-refractivity contribution < 1.29 is 0 Å². The van der Waals surface area contributed by atoms with Crippen molar-refractivity contribution >= 4 is 0 Å². The first-order valence-corrected chi connectivity index (χ1v) is 3.15. The molecule has 0 radical (unpaired) electrons. The summed E-state index contributed by atoms with van der Waals surface area (Å²) in [5.74, 6) is 6.55. The maximum absolute atomic E-state index is 3.09. The lowest BCUT2D eigenvalue weighted by Crippen LogP contribution is -1.79. The van der Waals surface area contributed by atoms with Crippen LogP contribution in [0.25, 0.3) is 0 Å². The van der Waals surface area contributed by atoms with Crippen molar-refractivity contribution in [2.24, 2.45) is 5.92 Å². The van der Waals surface area contributed by atoms with Crippen molar-refractivity contribution in [2.45, 2.75) is 13.8 Å². The third kappa shape index (κ3) is 1.77. The summed E-state index contributed by atoms with van der Waals surface area (Å²) in [7, 11) is 0. The van der Waals surface area contributed by atoms with Gasteiger partial charge < -0.3 is 0 Å². The molecule has 0 aromatic carbocycles. The van der Waals surface area contributed by atoms with Crippen LogP contribution in [0.1, 0.15) is 13.8 Å². The Balaban J connectivity index is 2.83. The fourth-order valence-electron chi connectivity index (χ4n) is 0.684. The highest BCUT2D eigenvalue weighted by atomic mass is 13.9. The number of hydrogen-bond donors (Lipinski definition) is 0. The molecule has 1 rings (SSSR count). The minimum Gasteiger partial charge on any atom is -0.0910 e. The Morgan fingerprint density at radius 3 is 3.11 bits per heavy atom. The first-order chi connectivity index (χ1) is 4.29. The molecule has 46 valence electrons. The van der Waals surface area contributed by atoms with Crippen molar-refractivity contribution in [3.05, 3.63) is 23.8 Å². The molecule has 1 atom stereocenters. The van der Waals surface area contributed by atoms with Gasteiger partial charge in [0.1, 0.15) is 0 Å². The van der Waals surface area contributed by atoms with Gasteiger partial charge in [0.2, 0.25) is 0 Å². The average molecular weight is 118 g/mol. The SMILES string of the molecule is CC1=CC=CC(C)C#C1. The van der Waals surface area contributed by atoms with Crippen molar-refractivity contribution in [3.8, 4) is 11.8 Å². The molecule has 0 aromatic heterocycles. The van der Waals surface area contributed by atoms with Crippen LogP contribution in [0.3, 0.4) is 0 Å². The molecule has 0 aliphatic heterocycles. The van der Waals surface area contributed by atoms with Crippen LogP contribution in [0, 0.1) is 17.8 Å². The Bertz CT molecular complexity index is 208. The van der Waals surface area contributed by atoms with Crippen LogP contribution in [0.15, 0.2) is 23.8 Å². The molecule has 0 bridgehead atoms. The van der Waals surface area contributed by atoms with Gasteiger partial charge in [0.15, 0.2) is 0 Å². The Morgan fingerprint density at radius 2 is 2.33 bits per heavy atom. The maximum Gasteiger partial charge on any atom is 0.0361 e. The third-order valence-corrected chi connectivity index (χ3v) is 1.24. The molecule has 0 saturated heterocycles. The number of hydrogen-bond acceptors (Lipinski definition) is 0. The second-order valence-electron chi connectivity index (χ2n) is 2.29. The minimum atomic E-state index is 0.415. The van der Waals surface area contributed by atoms with E-state index in [4.69, 9.17) is 0 Å². The molecule has 0 nitrogen and oxygen atoms in total. The van der Waals surface area contributed by atoms with Gasteiger partial charge in [-0.05, 0) is 19.4 Å². The highest BCUT2D eigenvalue weighted by molar-refractivity contribution is 5.34. The lowest BCUT2D eigenvalue weighted by molar-refractivity contribution is 0.982. The van der Waals surface area contributed by atoms with Gasteiger partial charge in [-0.1, -0.05) is 30.1 Å². The molecule has 1 aliphatic carbocycles. The molecule has 0 spiro atoms. The molecule has 9 heavy (non-hydrogen) atoms. The van der Waals surface area contributed by atoms with Gasteiger partial charge in [-0.15, -0.1) is 0 Å². The molecule has 0 N–H and O–H groups in total. The van der Waals surface area contributed by atoms with Crippen molar-refractivity contribution in [2.75, 3.05) is 0 Å². The third-order valence-electron chi connectivity index (χ3n) is 1.24. The summed E-state index contributed by atoms with van der Waals surface area (Å²) >= 11 is 0. The minimum absolute atomic E-state index is 0.415. The lowest BCUT2D eigenvalue weighted by Gasteiger charge is -1.87. The van der Waals surface area contributed by atoms with Gasteiger partial charge in [0, 0.05) is 5.92 Å². The Labute approximate surface area is 56.3 Å². The molecule has 0 fully saturated rings. The average Bonchev–Trinajstić information content (AvgIpc) is 1.97. The van der Waals surface area contributed by atoms with E-state index in [2.05, 4.69) is 24.8 Å². The van der Waals surface area contributed by atoms with Gasteiger partial charge in [0.25, 0.3) is 0 Å². The van der Waals surface area contributed by atoms with Crippen LogP contribution in [0.2, 0.25) is 0 Å². The highest BCUT2D eigenvalue weighted by Gasteiger charge is 1.90. The van der Waals surface area contributed by atoms with E-state index in [1.54, 1.807) is 0 Å². The van der Waals surface area contributed by atoms with Crippen molar-refractivity contribution in [3.63, 3.8) is 0 Å². The molecule has 0 saturated carbocycles. The first-order valence-electron chi connectivity index (χ1n) is 3.15. The summed E-state index contributed by atoms with van der Waals surface area (Å²) in [4.78, 5) is 0. The predicted molar refractivity (Wildman–Crippen MR) is 39.8 cm³/mol. The van der Waals surface area contributed by atoms with Crippen molar-refractivity contribution in [1.82, 2.24) is 0 Å². The molecule has 1 unspecified atom stereocenters. The van der Waals surface area contributed by atoms with E-state index >= 15 is 0 Å². The summed E-state index contributed by atoms with van der Waals surface area (Å²) in [6, 6.07) is 0. The molecular weight excluding hydrogens is 108 g/mol. The predicted octanol–water partition coefficient (Wildman–Crippen LogP) is 2.14. The number of allylic oxidation sites excluding steroid dienone is 4. The highest BCUT2D eigenvalue weighted by Crippen LogP contribution is 2.01. The summed E-state index contributed by atoms with van der Waals surface area (Å²) in [6.45, 7) is 4.12. The normalized spacial score (nSPS) is 23.8. The second kappa shape index (κ2) is 2.55. The Hall–Kier alpha value is -0.960. The zero-order valence-corrected chi connectivity index (χ0v) is 5.81.